The van der Waals surface area contributed by atoms with Crippen molar-refractivity contribution in [1.82, 2.24) is 9.80 Å². The normalized spacial score (nSPS) is 17.9. The number of benzene rings is 1. The van der Waals surface area contributed by atoms with E-state index in [1.165, 1.54) is 4.90 Å². The third-order valence-corrected chi connectivity index (χ3v) is 4.91. The highest BCUT2D eigenvalue weighted by Crippen LogP contribution is 2.21. The molecule has 0 radical (unpaired) electrons. The third kappa shape index (κ3) is 3.83. The summed E-state index contributed by atoms with van der Waals surface area (Å²) in [7, 11) is 0. The van der Waals surface area contributed by atoms with Crippen LogP contribution in [0.25, 0.3) is 0 Å². The van der Waals surface area contributed by atoms with Crippen LogP contribution < -0.4 is 0 Å². The molecule has 1 aromatic carbocycles. The molecule has 1 saturated heterocycles. The number of nitrogens with zero attached hydrogens (tertiary/aromatic N) is 2. The molecule has 1 aromatic rings. The van der Waals surface area contributed by atoms with Crippen LogP contribution in [-0.4, -0.2) is 47.5 Å². The first-order valence-corrected chi connectivity index (χ1v) is 9.01. The van der Waals surface area contributed by atoms with Crippen molar-refractivity contribution in [1.29, 1.82) is 0 Å². The lowest BCUT2D eigenvalue weighted by Gasteiger charge is -2.24. The number of rotatable bonds is 6. The third-order valence-electron chi connectivity index (χ3n) is 4.17. The Bertz CT molecular complexity index is 530. The molecule has 0 spiro atoms. The molecule has 1 heterocycles. The average molecular weight is 320 g/mol. The minimum absolute atomic E-state index is 0.0979. The topological polar surface area (TPSA) is 40.6 Å². The zero-order valence-electron chi connectivity index (χ0n) is 13.5. The van der Waals surface area contributed by atoms with E-state index >= 15 is 0 Å². The lowest BCUT2D eigenvalue weighted by atomic mass is 10.1. The van der Waals surface area contributed by atoms with Crippen LogP contribution in [0.1, 0.15) is 25.8 Å². The summed E-state index contributed by atoms with van der Waals surface area (Å²) >= 11 is 1.71. The van der Waals surface area contributed by atoms with Crippen LogP contribution in [0.4, 0.5) is 0 Å². The van der Waals surface area contributed by atoms with E-state index in [9.17, 15) is 9.59 Å². The van der Waals surface area contributed by atoms with E-state index in [2.05, 4.69) is 24.3 Å². The summed E-state index contributed by atoms with van der Waals surface area (Å²) < 4.78 is 0. The lowest BCUT2D eigenvalue weighted by molar-refractivity contribution is -0.136. The molecule has 0 saturated carbocycles. The molecule has 0 unspecified atom stereocenters. The highest BCUT2D eigenvalue weighted by Gasteiger charge is 2.35. The first-order valence-electron chi connectivity index (χ1n) is 7.78. The van der Waals surface area contributed by atoms with Gasteiger partial charge >= 0.3 is 0 Å². The number of hydrogen-bond acceptors (Lipinski definition) is 3. The van der Waals surface area contributed by atoms with Crippen molar-refractivity contribution in [2.24, 2.45) is 5.92 Å². The van der Waals surface area contributed by atoms with Gasteiger partial charge in [-0.05, 0) is 37.8 Å². The van der Waals surface area contributed by atoms with Crippen molar-refractivity contribution in [3.05, 3.63) is 29.8 Å². The van der Waals surface area contributed by atoms with Gasteiger partial charge in [0.25, 0.3) is 0 Å². The van der Waals surface area contributed by atoms with E-state index in [0.29, 0.717) is 32.6 Å². The van der Waals surface area contributed by atoms with E-state index in [4.69, 9.17) is 0 Å². The van der Waals surface area contributed by atoms with Crippen molar-refractivity contribution < 1.29 is 9.59 Å². The Morgan fingerprint density at radius 1 is 1.32 bits per heavy atom. The Morgan fingerprint density at radius 2 is 2.00 bits per heavy atom. The fraction of sp³-hybridized carbons (Fsp3) is 0.529. The van der Waals surface area contributed by atoms with Crippen LogP contribution in [0.15, 0.2) is 29.2 Å². The molecule has 2 rings (SSSR count). The predicted octanol–water partition coefficient (Wildman–Crippen LogP) is 2.63. The second-order valence-corrected chi connectivity index (χ2v) is 6.41. The maximum atomic E-state index is 12.7. The second-order valence-electron chi connectivity index (χ2n) is 5.53. The molecule has 4 nitrogen and oxygen atoms in total. The molecule has 0 bridgehead atoms. The highest BCUT2D eigenvalue weighted by atomic mass is 32.2. The monoisotopic (exact) mass is 320 g/mol. The molecule has 1 aliphatic heterocycles. The van der Waals surface area contributed by atoms with Crippen LogP contribution in [0.5, 0.6) is 0 Å². The van der Waals surface area contributed by atoms with Gasteiger partial charge in [-0.3, -0.25) is 9.59 Å². The number of likely N-dealkylation sites (tertiary alicyclic amines) is 1. The second kappa shape index (κ2) is 7.68. The fourth-order valence-corrected chi connectivity index (χ4v) is 3.21. The number of thioether (sulfide) groups is 1. The SMILES string of the molecule is CCN1C[C@@H](C(=O)N(CC)Cc2ccc(SC)cc2)CC1=O. The number of amides is 2. The van der Waals surface area contributed by atoms with Gasteiger partial charge in [-0.2, -0.15) is 0 Å². The average Bonchev–Trinajstić information content (AvgIpc) is 2.93. The maximum absolute atomic E-state index is 12.7. The van der Waals surface area contributed by atoms with E-state index in [1.54, 1.807) is 16.7 Å². The summed E-state index contributed by atoms with van der Waals surface area (Å²) in [5.41, 5.74) is 1.13. The molecule has 0 aromatic heterocycles. The van der Waals surface area contributed by atoms with Gasteiger partial charge in [0.2, 0.25) is 11.8 Å². The minimum Gasteiger partial charge on any atom is -0.342 e. The van der Waals surface area contributed by atoms with Gasteiger partial charge in [0.05, 0.1) is 5.92 Å². The number of carbonyl (C=O) groups is 2. The Morgan fingerprint density at radius 3 is 2.50 bits per heavy atom. The molecule has 22 heavy (non-hydrogen) atoms. The van der Waals surface area contributed by atoms with Crippen molar-refractivity contribution in [3.63, 3.8) is 0 Å². The molecule has 5 heteroatoms. The molecule has 120 valence electrons. The van der Waals surface area contributed by atoms with Crippen molar-refractivity contribution in [3.8, 4) is 0 Å². The van der Waals surface area contributed by atoms with E-state index < -0.39 is 0 Å². The maximum Gasteiger partial charge on any atom is 0.228 e. The van der Waals surface area contributed by atoms with Gasteiger partial charge in [-0.25, -0.2) is 0 Å². The quantitative estimate of drug-likeness (QED) is 0.757. The number of carbonyl (C=O) groups excluding carboxylic acids is 2. The Balaban J connectivity index is 2.01. The molecule has 0 aliphatic carbocycles. The Hall–Kier alpha value is -1.49. The Kier molecular flexibility index (Phi) is 5.89. The van der Waals surface area contributed by atoms with Crippen LogP contribution in [0.3, 0.4) is 0 Å². The van der Waals surface area contributed by atoms with Crippen molar-refractivity contribution in [2.75, 3.05) is 25.9 Å². The van der Waals surface area contributed by atoms with E-state index in [0.717, 1.165) is 5.56 Å². The fourth-order valence-electron chi connectivity index (χ4n) is 2.80. The van der Waals surface area contributed by atoms with Gasteiger partial charge < -0.3 is 9.80 Å². The minimum atomic E-state index is -0.183. The Labute approximate surface area is 136 Å². The zero-order valence-corrected chi connectivity index (χ0v) is 14.4. The van der Waals surface area contributed by atoms with Crippen molar-refractivity contribution >= 4 is 23.6 Å². The highest BCUT2D eigenvalue weighted by molar-refractivity contribution is 7.98. The van der Waals surface area contributed by atoms with E-state index in [1.807, 2.05) is 25.0 Å². The van der Waals surface area contributed by atoms with Crippen LogP contribution in [-0.2, 0) is 16.1 Å². The molecule has 1 aliphatic rings. The van der Waals surface area contributed by atoms with Crippen LogP contribution in [0.2, 0.25) is 0 Å². The predicted molar refractivity (Wildman–Crippen MR) is 89.7 cm³/mol. The smallest absolute Gasteiger partial charge is 0.228 e. The lowest BCUT2D eigenvalue weighted by Crippen LogP contribution is -2.36. The molecule has 1 fully saturated rings. The molecule has 2 amide bonds. The van der Waals surface area contributed by atoms with Gasteiger partial charge in [0.15, 0.2) is 0 Å². The summed E-state index contributed by atoms with van der Waals surface area (Å²) in [6, 6.07) is 8.30. The standard InChI is InChI=1S/C17H24N2O2S/c1-4-18-12-14(10-16(18)20)17(21)19(5-2)11-13-6-8-15(22-3)9-7-13/h6-9,14H,4-5,10-12H2,1-3H3/t14-/m0/s1. The van der Waals surface area contributed by atoms with Crippen molar-refractivity contribution in [2.45, 2.75) is 31.7 Å². The van der Waals surface area contributed by atoms with Gasteiger partial charge in [-0.15, -0.1) is 11.8 Å². The van der Waals surface area contributed by atoms with Gasteiger partial charge in [0, 0.05) is 37.5 Å². The van der Waals surface area contributed by atoms with E-state index in [-0.39, 0.29) is 17.7 Å². The van der Waals surface area contributed by atoms with Gasteiger partial charge in [0.1, 0.15) is 0 Å². The largest absolute Gasteiger partial charge is 0.342 e. The molecule has 0 N–H and O–H groups in total. The van der Waals surface area contributed by atoms with Crippen LogP contribution in [0, 0.1) is 5.92 Å². The summed E-state index contributed by atoms with van der Waals surface area (Å²) in [6.07, 6.45) is 2.40. The summed E-state index contributed by atoms with van der Waals surface area (Å²) in [5.74, 6) is 0.0137. The zero-order chi connectivity index (χ0) is 16.1. The molecule has 1 atom stereocenters. The summed E-state index contributed by atoms with van der Waals surface area (Å²) in [5, 5.41) is 0. The van der Waals surface area contributed by atoms with Gasteiger partial charge in [-0.1, -0.05) is 12.1 Å². The molecular weight excluding hydrogens is 296 g/mol. The first kappa shape index (κ1) is 16.9. The summed E-state index contributed by atoms with van der Waals surface area (Å²) in [4.78, 5) is 29.3. The van der Waals surface area contributed by atoms with Crippen LogP contribution >= 0.6 is 11.8 Å². The summed E-state index contributed by atoms with van der Waals surface area (Å²) in [6.45, 7) is 6.47. The number of hydrogen-bond donors (Lipinski definition) is 0. The molecular formula is C17H24N2O2S. The first-order chi connectivity index (χ1) is 10.6.